The fourth-order valence-electron chi connectivity index (χ4n) is 2.77. The highest BCUT2D eigenvalue weighted by Gasteiger charge is 2.15. The number of nitrogens with zero attached hydrogens (tertiary/aromatic N) is 2. The van der Waals surface area contributed by atoms with Crippen LogP contribution in [0, 0.1) is 15.9 Å². The number of amides is 2. The van der Waals surface area contributed by atoms with E-state index in [9.17, 15) is 24.1 Å². The van der Waals surface area contributed by atoms with Crippen LogP contribution in [0.2, 0.25) is 0 Å². The van der Waals surface area contributed by atoms with Crippen molar-refractivity contribution >= 4 is 29.3 Å². The number of hydrogen-bond acceptors (Lipinski definition) is 5. The van der Waals surface area contributed by atoms with Crippen LogP contribution in [0.5, 0.6) is 0 Å². The van der Waals surface area contributed by atoms with Crippen LogP contribution in [-0.4, -0.2) is 22.4 Å². The smallest absolute Gasteiger partial charge is 0.287 e. The zero-order valence-corrected chi connectivity index (χ0v) is 17.5. The average Bonchev–Trinajstić information content (AvgIpc) is 2.83. The van der Waals surface area contributed by atoms with E-state index in [2.05, 4.69) is 15.8 Å². The second-order valence-corrected chi connectivity index (χ2v) is 6.88. The second-order valence-electron chi connectivity index (χ2n) is 6.88. The van der Waals surface area contributed by atoms with E-state index in [1.807, 2.05) is 0 Å². The van der Waals surface area contributed by atoms with Crippen LogP contribution < -0.4 is 10.7 Å². The summed E-state index contributed by atoms with van der Waals surface area (Å²) < 4.78 is 13.2. The molecule has 0 spiro atoms. The first-order valence-corrected chi connectivity index (χ1v) is 9.76. The van der Waals surface area contributed by atoms with Gasteiger partial charge in [-0.2, -0.15) is 5.10 Å². The van der Waals surface area contributed by atoms with E-state index < -0.39 is 22.6 Å². The summed E-state index contributed by atoms with van der Waals surface area (Å²) in [7, 11) is 0. The number of benzene rings is 3. The summed E-state index contributed by atoms with van der Waals surface area (Å²) in [6.07, 6.45) is 1.38. The lowest BCUT2D eigenvalue weighted by atomic mass is 10.1. The number of halogens is 1. The number of carbonyl (C=O) groups excluding carboxylic acids is 2. The predicted molar refractivity (Wildman–Crippen MR) is 122 cm³/mol. The summed E-state index contributed by atoms with van der Waals surface area (Å²) in [5.41, 5.74) is 3.70. The Morgan fingerprint density at radius 2 is 1.64 bits per heavy atom. The lowest BCUT2D eigenvalue weighted by Gasteiger charge is -2.10. The van der Waals surface area contributed by atoms with E-state index in [0.717, 1.165) is 0 Å². The fourth-order valence-corrected chi connectivity index (χ4v) is 2.77. The van der Waals surface area contributed by atoms with Gasteiger partial charge >= 0.3 is 0 Å². The third-order valence-corrected chi connectivity index (χ3v) is 4.51. The molecule has 0 aliphatic rings. The number of nitrogens with one attached hydrogen (secondary N) is 2. The van der Waals surface area contributed by atoms with Crippen LogP contribution in [0.25, 0.3) is 6.08 Å². The molecule has 3 rings (SSSR count). The van der Waals surface area contributed by atoms with Gasteiger partial charge in [0.25, 0.3) is 17.5 Å². The van der Waals surface area contributed by atoms with Gasteiger partial charge in [0, 0.05) is 23.3 Å². The molecule has 0 aliphatic heterocycles. The van der Waals surface area contributed by atoms with Crippen molar-refractivity contribution in [3.63, 3.8) is 0 Å². The number of nitro benzene ring substituents is 1. The largest absolute Gasteiger partial charge is 0.317 e. The summed E-state index contributed by atoms with van der Waals surface area (Å²) in [6, 6.07) is 19.5. The molecule has 0 aromatic heterocycles. The zero-order valence-electron chi connectivity index (χ0n) is 17.5. The van der Waals surface area contributed by atoms with Crippen molar-refractivity contribution < 1.29 is 18.9 Å². The quantitative estimate of drug-likeness (QED) is 0.247. The Morgan fingerprint density at radius 1 is 0.970 bits per heavy atom. The normalized spacial score (nSPS) is 11.6. The van der Waals surface area contributed by atoms with E-state index in [0.29, 0.717) is 22.4 Å². The predicted octanol–water partition coefficient (Wildman–Crippen LogP) is 4.05. The van der Waals surface area contributed by atoms with E-state index in [4.69, 9.17) is 0 Å². The molecular formula is C24H19FN4O4. The number of rotatable bonds is 7. The molecule has 9 heteroatoms. The Balaban J connectivity index is 1.84. The molecule has 166 valence electrons. The average molecular weight is 446 g/mol. The maximum absolute atomic E-state index is 13.2. The molecule has 3 aromatic carbocycles. The highest BCUT2D eigenvalue weighted by Crippen LogP contribution is 2.14. The molecule has 0 atom stereocenters. The van der Waals surface area contributed by atoms with Crippen molar-refractivity contribution in [2.45, 2.75) is 6.92 Å². The summed E-state index contributed by atoms with van der Waals surface area (Å²) >= 11 is 0. The molecule has 0 saturated heterocycles. The van der Waals surface area contributed by atoms with Crippen molar-refractivity contribution in [3.8, 4) is 0 Å². The molecular weight excluding hydrogens is 427 g/mol. The molecule has 33 heavy (non-hydrogen) atoms. The van der Waals surface area contributed by atoms with E-state index >= 15 is 0 Å². The molecule has 0 fully saturated rings. The van der Waals surface area contributed by atoms with Crippen LogP contribution in [0.4, 0.5) is 10.1 Å². The molecule has 0 saturated carbocycles. The molecule has 3 aromatic rings. The van der Waals surface area contributed by atoms with Crippen LogP contribution in [0.15, 0.2) is 89.7 Å². The molecule has 0 aliphatic carbocycles. The second kappa shape index (κ2) is 10.6. The summed E-state index contributed by atoms with van der Waals surface area (Å²) in [5.74, 6) is -1.68. The monoisotopic (exact) mass is 446 g/mol. The maximum atomic E-state index is 13.2. The molecule has 0 bridgehead atoms. The fraction of sp³-hybridized carbons (Fsp3) is 0.0417. The standard InChI is InChI=1S/C24H19FN4O4/c1-16(19-8-5-9-21(15-19)29(32)33)27-28-24(31)22(14-17-10-12-20(25)13-11-17)26-23(30)18-6-3-2-4-7-18/h2-15H,1H3,(H,26,30)(H,28,31). The molecule has 0 radical (unpaired) electrons. The van der Waals surface area contributed by atoms with Gasteiger partial charge in [0.1, 0.15) is 11.5 Å². The molecule has 8 nitrogen and oxygen atoms in total. The van der Waals surface area contributed by atoms with Crippen molar-refractivity contribution in [2.24, 2.45) is 5.10 Å². The van der Waals surface area contributed by atoms with Crippen molar-refractivity contribution in [3.05, 3.63) is 117 Å². The first kappa shape index (κ1) is 23.0. The molecule has 2 amide bonds. The molecule has 0 unspecified atom stereocenters. The maximum Gasteiger partial charge on any atom is 0.287 e. The first-order valence-electron chi connectivity index (χ1n) is 9.76. The van der Waals surface area contributed by atoms with Gasteiger partial charge in [-0.1, -0.05) is 42.5 Å². The minimum atomic E-state index is -0.728. The van der Waals surface area contributed by atoms with Gasteiger partial charge in [-0.25, -0.2) is 9.82 Å². The Bertz CT molecular complexity index is 1240. The minimum absolute atomic E-state index is 0.111. The Labute approximate surface area is 188 Å². The highest BCUT2D eigenvalue weighted by atomic mass is 19.1. The third-order valence-electron chi connectivity index (χ3n) is 4.51. The Morgan fingerprint density at radius 3 is 2.30 bits per heavy atom. The van der Waals surface area contributed by atoms with Gasteiger partial charge in [-0.05, 0) is 42.8 Å². The van der Waals surface area contributed by atoms with Crippen LogP contribution >= 0.6 is 0 Å². The number of non-ortho nitro benzene ring substituents is 1. The lowest BCUT2D eigenvalue weighted by Crippen LogP contribution is -2.33. The number of nitro groups is 1. The van der Waals surface area contributed by atoms with E-state index in [1.54, 1.807) is 43.3 Å². The summed E-state index contributed by atoms with van der Waals surface area (Å²) in [6.45, 7) is 1.57. The van der Waals surface area contributed by atoms with Gasteiger partial charge in [0.05, 0.1) is 10.6 Å². The van der Waals surface area contributed by atoms with E-state index in [1.165, 1.54) is 48.5 Å². The highest BCUT2D eigenvalue weighted by molar-refractivity contribution is 6.06. The topological polar surface area (TPSA) is 114 Å². The van der Waals surface area contributed by atoms with Crippen LogP contribution in [-0.2, 0) is 4.79 Å². The Hall–Kier alpha value is -4.66. The van der Waals surface area contributed by atoms with Gasteiger partial charge in [-0.15, -0.1) is 0 Å². The van der Waals surface area contributed by atoms with Crippen molar-refractivity contribution in [1.29, 1.82) is 0 Å². The zero-order chi connectivity index (χ0) is 23.8. The van der Waals surface area contributed by atoms with Crippen molar-refractivity contribution in [1.82, 2.24) is 10.7 Å². The third kappa shape index (κ3) is 6.41. The Kier molecular flexibility index (Phi) is 7.38. The van der Waals surface area contributed by atoms with Gasteiger partial charge < -0.3 is 5.32 Å². The van der Waals surface area contributed by atoms with Crippen LogP contribution in [0.1, 0.15) is 28.4 Å². The number of carbonyl (C=O) groups is 2. The van der Waals surface area contributed by atoms with Gasteiger partial charge in [0.2, 0.25) is 0 Å². The SMILES string of the molecule is CC(=NNC(=O)C(=Cc1ccc(F)cc1)NC(=O)c1ccccc1)c1cccc([N+](=O)[O-])c1. The number of hydrazone groups is 1. The number of hydrogen-bond donors (Lipinski definition) is 2. The molecule has 2 N–H and O–H groups in total. The van der Waals surface area contributed by atoms with Gasteiger partial charge in [-0.3, -0.25) is 19.7 Å². The van der Waals surface area contributed by atoms with Crippen molar-refractivity contribution in [2.75, 3.05) is 0 Å². The van der Waals surface area contributed by atoms with Crippen LogP contribution in [0.3, 0.4) is 0 Å². The lowest BCUT2D eigenvalue weighted by molar-refractivity contribution is -0.384. The minimum Gasteiger partial charge on any atom is -0.317 e. The van der Waals surface area contributed by atoms with Gasteiger partial charge in [0.15, 0.2) is 0 Å². The summed E-state index contributed by atoms with van der Waals surface area (Å²) in [5, 5.41) is 17.5. The first-order chi connectivity index (χ1) is 15.8. The van der Waals surface area contributed by atoms with E-state index in [-0.39, 0.29) is 11.4 Å². The molecule has 0 heterocycles. The summed E-state index contributed by atoms with van der Waals surface area (Å²) in [4.78, 5) is 35.8.